The van der Waals surface area contributed by atoms with Gasteiger partial charge in [-0.05, 0) is 33.6 Å². The molecule has 0 saturated carbocycles. The Kier molecular flexibility index (Phi) is 5.09. The van der Waals surface area contributed by atoms with Gasteiger partial charge in [-0.1, -0.05) is 13.3 Å². The van der Waals surface area contributed by atoms with E-state index in [-0.39, 0.29) is 16.5 Å². The number of hydrogen-bond donors (Lipinski definition) is 1. The molecular formula is C10H23NO2S. The second kappa shape index (κ2) is 5.12. The van der Waals surface area contributed by atoms with E-state index in [4.69, 9.17) is 5.73 Å². The van der Waals surface area contributed by atoms with E-state index in [0.29, 0.717) is 6.42 Å². The molecule has 0 aromatic rings. The molecule has 0 rings (SSSR count). The van der Waals surface area contributed by atoms with Crippen molar-refractivity contribution in [2.75, 3.05) is 5.75 Å². The summed E-state index contributed by atoms with van der Waals surface area (Å²) in [5, 5.41) is -0.292. The average Bonchev–Trinajstić information content (AvgIpc) is 2.01. The maximum Gasteiger partial charge on any atom is 0.152 e. The highest BCUT2D eigenvalue weighted by atomic mass is 32.2. The van der Waals surface area contributed by atoms with Crippen molar-refractivity contribution in [1.82, 2.24) is 0 Å². The van der Waals surface area contributed by atoms with Crippen LogP contribution in [0.2, 0.25) is 0 Å². The van der Waals surface area contributed by atoms with Crippen molar-refractivity contribution in [3.63, 3.8) is 0 Å². The smallest absolute Gasteiger partial charge is 0.152 e. The first kappa shape index (κ1) is 13.9. The molecule has 0 radical (unpaired) electrons. The summed E-state index contributed by atoms with van der Waals surface area (Å²) in [6.07, 6.45) is 2.43. The molecule has 0 aliphatic heterocycles. The number of sulfone groups is 1. The largest absolute Gasteiger partial charge is 0.325 e. The van der Waals surface area contributed by atoms with E-state index in [9.17, 15) is 8.42 Å². The quantitative estimate of drug-likeness (QED) is 0.743. The minimum Gasteiger partial charge on any atom is -0.325 e. The van der Waals surface area contributed by atoms with Gasteiger partial charge in [-0.25, -0.2) is 8.42 Å². The normalized spacial score (nSPS) is 17.0. The first-order valence-corrected chi connectivity index (χ1v) is 6.93. The van der Waals surface area contributed by atoms with Gasteiger partial charge in [0.25, 0.3) is 0 Å². The highest BCUT2D eigenvalue weighted by molar-refractivity contribution is 7.91. The SMILES string of the molecule is CCCC(C)(N)CCS(=O)(=O)C(C)C. The third kappa shape index (κ3) is 4.96. The first-order valence-electron chi connectivity index (χ1n) is 5.22. The van der Waals surface area contributed by atoms with Crippen molar-refractivity contribution in [2.24, 2.45) is 5.73 Å². The van der Waals surface area contributed by atoms with E-state index >= 15 is 0 Å². The molecule has 4 heteroatoms. The lowest BCUT2D eigenvalue weighted by molar-refractivity contribution is 0.412. The zero-order chi connectivity index (χ0) is 11.4. The lowest BCUT2D eigenvalue weighted by Crippen LogP contribution is -2.38. The van der Waals surface area contributed by atoms with Gasteiger partial charge in [-0.3, -0.25) is 0 Å². The van der Waals surface area contributed by atoms with Gasteiger partial charge in [0.05, 0.1) is 11.0 Å². The van der Waals surface area contributed by atoms with Crippen LogP contribution in [0.5, 0.6) is 0 Å². The molecule has 86 valence electrons. The summed E-state index contributed by atoms with van der Waals surface area (Å²) in [4.78, 5) is 0. The minimum absolute atomic E-state index is 0.206. The van der Waals surface area contributed by atoms with Crippen LogP contribution in [0, 0.1) is 0 Å². The zero-order valence-electron chi connectivity index (χ0n) is 9.71. The molecule has 1 atom stereocenters. The number of hydrogen-bond acceptors (Lipinski definition) is 3. The third-order valence-corrected chi connectivity index (χ3v) is 4.71. The van der Waals surface area contributed by atoms with Gasteiger partial charge < -0.3 is 5.73 Å². The molecule has 0 saturated heterocycles. The highest BCUT2D eigenvalue weighted by Gasteiger charge is 2.23. The van der Waals surface area contributed by atoms with Crippen LogP contribution in [-0.4, -0.2) is 25.0 Å². The van der Waals surface area contributed by atoms with Crippen LogP contribution in [0.25, 0.3) is 0 Å². The Morgan fingerprint density at radius 3 is 2.14 bits per heavy atom. The molecule has 0 aromatic carbocycles. The Bertz CT molecular complexity index is 255. The molecule has 1 unspecified atom stereocenters. The molecule has 0 amide bonds. The highest BCUT2D eigenvalue weighted by Crippen LogP contribution is 2.15. The van der Waals surface area contributed by atoms with Crippen molar-refractivity contribution in [3.8, 4) is 0 Å². The predicted octanol–water partition coefficient (Wildman–Crippen LogP) is 1.72. The Hall–Kier alpha value is -0.0900. The van der Waals surface area contributed by atoms with Crippen LogP contribution in [0.4, 0.5) is 0 Å². The Morgan fingerprint density at radius 1 is 1.29 bits per heavy atom. The van der Waals surface area contributed by atoms with Gasteiger partial charge in [0.15, 0.2) is 9.84 Å². The summed E-state index contributed by atoms with van der Waals surface area (Å²) in [5.41, 5.74) is 5.63. The van der Waals surface area contributed by atoms with Gasteiger partial charge in [-0.15, -0.1) is 0 Å². The molecule has 3 nitrogen and oxygen atoms in total. The van der Waals surface area contributed by atoms with Crippen LogP contribution in [0.3, 0.4) is 0 Å². The lowest BCUT2D eigenvalue weighted by atomic mass is 9.95. The van der Waals surface area contributed by atoms with Gasteiger partial charge in [-0.2, -0.15) is 0 Å². The van der Waals surface area contributed by atoms with Gasteiger partial charge >= 0.3 is 0 Å². The predicted molar refractivity (Wildman–Crippen MR) is 61.0 cm³/mol. The average molecular weight is 221 g/mol. The van der Waals surface area contributed by atoms with E-state index in [1.165, 1.54) is 0 Å². The van der Waals surface area contributed by atoms with Crippen LogP contribution < -0.4 is 5.73 Å². The van der Waals surface area contributed by atoms with Gasteiger partial charge in [0.1, 0.15) is 0 Å². The summed E-state index contributed by atoms with van der Waals surface area (Å²) in [7, 11) is -2.93. The minimum atomic E-state index is -2.93. The number of rotatable bonds is 6. The van der Waals surface area contributed by atoms with E-state index < -0.39 is 9.84 Å². The summed E-state index contributed by atoms with van der Waals surface area (Å²) in [5.74, 6) is 0.206. The Balaban J connectivity index is 4.19. The fraction of sp³-hybridized carbons (Fsp3) is 1.00. The van der Waals surface area contributed by atoms with Crippen molar-refractivity contribution in [1.29, 1.82) is 0 Å². The monoisotopic (exact) mass is 221 g/mol. The summed E-state index contributed by atoms with van der Waals surface area (Å²) in [6.45, 7) is 7.40. The molecule has 0 fully saturated rings. The standard InChI is InChI=1S/C10H23NO2S/c1-5-6-10(4,11)7-8-14(12,13)9(2)3/h9H,5-8,11H2,1-4H3. The summed E-state index contributed by atoms with van der Waals surface area (Å²) < 4.78 is 23.1. The second-order valence-corrected chi connectivity index (χ2v) is 7.25. The Morgan fingerprint density at radius 2 is 1.79 bits per heavy atom. The van der Waals surface area contributed by atoms with Crippen molar-refractivity contribution < 1.29 is 8.42 Å². The summed E-state index contributed by atoms with van der Waals surface area (Å²) in [6, 6.07) is 0. The van der Waals surface area contributed by atoms with E-state index in [1.54, 1.807) is 13.8 Å². The van der Waals surface area contributed by atoms with E-state index in [2.05, 4.69) is 6.92 Å². The number of nitrogens with two attached hydrogens (primary N) is 1. The maximum absolute atomic E-state index is 11.5. The molecule has 0 aromatic heterocycles. The van der Waals surface area contributed by atoms with E-state index in [0.717, 1.165) is 12.8 Å². The van der Waals surface area contributed by atoms with Crippen molar-refractivity contribution >= 4 is 9.84 Å². The molecular weight excluding hydrogens is 198 g/mol. The van der Waals surface area contributed by atoms with Crippen LogP contribution in [0.15, 0.2) is 0 Å². The molecule has 14 heavy (non-hydrogen) atoms. The fourth-order valence-electron chi connectivity index (χ4n) is 1.31. The fourth-order valence-corrected chi connectivity index (χ4v) is 2.53. The summed E-state index contributed by atoms with van der Waals surface area (Å²) >= 11 is 0. The zero-order valence-corrected chi connectivity index (χ0v) is 10.5. The van der Waals surface area contributed by atoms with Crippen LogP contribution in [-0.2, 0) is 9.84 Å². The molecule has 0 spiro atoms. The van der Waals surface area contributed by atoms with Gasteiger partial charge in [0, 0.05) is 5.54 Å². The van der Waals surface area contributed by atoms with E-state index in [1.807, 2.05) is 6.92 Å². The topological polar surface area (TPSA) is 60.2 Å². The molecule has 2 N–H and O–H groups in total. The van der Waals surface area contributed by atoms with Crippen molar-refractivity contribution in [3.05, 3.63) is 0 Å². The van der Waals surface area contributed by atoms with Crippen LogP contribution in [0.1, 0.15) is 47.0 Å². The third-order valence-electron chi connectivity index (χ3n) is 2.50. The van der Waals surface area contributed by atoms with Crippen LogP contribution >= 0.6 is 0 Å². The second-order valence-electron chi connectivity index (χ2n) is 4.57. The Labute approximate surface area is 88.0 Å². The molecule has 0 aliphatic rings. The van der Waals surface area contributed by atoms with Crippen molar-refractivity contribution in [2.45, 2.75) is 57.7 Å². The molecule has 0 heterocycles. The first-order chi connectivity index (χ1) is 6.21. The molecule has 0 bridgehead atoms. The maximum atomic E-state index is 11.5. The lowest BCUT2D eigenvalue weighted by Gasteiger charge is -2.24. The van der Waals surface area contributed by atoms with Gasteiger partial charge in [0.2, 0.25) is 0 Å². The molecule has 0 aliphatic carbocycles.